The summed E-state index contributed by atoms with van der Waals surface area (Å²) < 4.78 is 4.84. The number of hydrogen-bond donors (Lipinski definition) is 4. The molecule has 0 fully saturated rings. The second-order valence-electron chi connectivity index (χ2n) is 6.92. The number of carboxylic acids is 1. The summed E-state index contributed by atoms with van der Waals surface area (Å²) in [7, 11) is 1.62. The third-order valence-corrected chi connectivity index (χ3v) is 3.61. The first kappa shape index (κ1) is 28.8. The van der Waals surface area contributed by atoms with Gasteiger partial charge in [0.2, 0.25) is 0 Å². The van der Waals surface area contributed by atoms with Crippen LogP contribution in [-0.4, -0.2) is 53.6 Å². The van der Waals surface area contributed by atoms with Gasteiger partial charge in [-0.25, -0.2) is 0 Å². The van der Waals surface area contributed by atoms with Crippen molar-refractivity contribution in [3.05, 3.63) is 41.5 Å². The highest BCUT2D eigenvalue weighted by molar-refractivity contribution is 5.94. The molecule has 7 nitrogen and oxygen atoms in total. The number of carbonyl (C=O) groups excluding carboxylic acids is 1. The summed E-state index contributed by atoms with van der Waals surface area (Å²) in [4.78, 5) is 21.7. The lowest BCUT2D eigenvalue weighted by atomic mass is 10.1. The molecule has 0 saturated heterocycles. The molecule has 0 aliphatic rings. The van der Waals surface area contributed by atoms with Crippen molar-refractivity contribution in [1.82, 2.24) is 5.32 Å². The fourth-order valence-electron chi connectivity index (χ4n) is 2.17. The summed E-state index contributed by atoms with van der Waals surface area (Å²) in [6.45, 7) is 13.2. The van der Waals surface area contributed by atoms with E-state index in [1.807, 2.05) is 13.8 Å². The van der Waals surface area contributed by atoms with Crippen molar-refractivity contribution in [1.29, 1.82) is 0 Å². The van der Waals surface area contributed by atoms with E-state index in [1.165, 1.54) is 0 Å². The topological polar surface area (TPSA) is 116 Å². The SMILES string of the molecule is C=CC.COCC(C)CCC(=O)O.Cc1cc(C(=O)NCC(C)O)cc(C)c1O. The minimum absolute atomic E-state index is 0.215. The Hall–Kier alpha value is -2.38. The lowest BCUT2D eigenvalue weighted by Crippen LogP contribution is -2.30. The van der Waals surface area contributed by atoms with Gasteiger partial charge in [0.15, 0.2) is 0 Å². The zero-order chi connectivity index (χ0) is 23.0. The van der Waals surface area contributed by atoms with Gasteiger partial charge in [-0.2, -0.15) is 0 Å². The van der Waals surface area contributed by atoms with E-state index in [9.17, 15) is 14.7 Å². The Morgan fingerprint density at radius 1 is 1.24 bits per heavy atom. The molecule has 4 N–H and O–H groups in total. The molecule has 1 aromatic carbocycles. The zero-order valence-electron chi connectivity index (χ0n) is 18.5. The Kier molecular flexibility index (Phi) is 16.5. The number of phenols is 1. The number of carboxylic acid groups (broad SMARTS) is 1. The predicted octanol–water partition coefficient (Wildman–Crippen LogP) is 3.45. The standard InChI is InChI=1S/C12H17NO3.C7H14O3.C3H6/c1-7-4-10(5-8(2)11(7)15)12(16)13-6-9(3)14;1-6(5-10-2)3-4-7(8)9;1-3-2/h4-5,9,14-15H,6H2,1-3H3,(H,13,16);6H,3-5H2,1-2H3,(H,8,9);3H,1H2,2H3. The smallest absolute Gasteiger partial charge is 0.303 e. The number of rotatable bonds is 8. The van der Waals surface area contributed by atoms with Crippen molar-refractivity contribution in [2.45, 2.75) is 53.6 Å². The molecule has 0 radical (unpaired) electrons. The first-order valence-electron chi connectivity index (χ1n) is 9.54. The third-order valence-electron chi connectivity index (χ3n) is 3.61. The molecular formula is C22H37NO6. The summed E-state index contributed by atoms with van der Waals surface area (Å²) in [6, 6.07) is 3.25. The van der Waals surface area contributed by atoms with Crippen LogP contribution in [0.3, 0.4) is 0 Å². The van der Waals surface area contributed by atoms with E-state index >= 15 is 0 Å². The van der Waals surface area contributed by atoms with Gasteiger partial charge in [0.05, 0.1) is 6.10 Å². The largest absolute Gasteiger partial charge is 0.507 e. The van der Waals surface area contributed by atoms with E-state index in [0.29, 0.717) is 35.6 Å². The molecule has 7 heteroatoms. The summed E-state index contributed by atoms with van der Waals surface area (Å²) in [6.07, 6.45) is 2.12. The summed E-state index contributed by atoms with van der Waals surface area (Å²) in [5.74, 6) is -0.414. The molecule has 0 aromatic heterocycles. The fraction of sp³-hybridized carbons (Fsp3) is 0.545. The van der Waals surface area contributed by atoms with Gasteiger partial charge in [-0.3, -0.25) is 9.59 Å². The van der Waals surface area contributed by atoms with Gasteiger partial charge in [-0.15, -0.1) is 6.58 Å². The van der Waals surface area contributed by atoms with Crippen molar-refractivity contribution in [3.63, 3.8) is 0 Å². The van der Waals surface area contributed by atoms with E-state index < -0.39 is 12.1 Å². The number of aliphatic hydroxyl groups excluding tert-OH is 1. The number of aryl methyl sites for hydroxylation is 2. The van der Waals surface area contributed by atoms with Gasteiger partial charge in [0, 0.05) is 32.2 Å². The van der Waals surface area contributed by atoms with Gasteiger partial charge < -0.3 is 25.4 Å². The number of ether oxygens (including phenoxy) is 1. The van der Waals surface area contributed by atoms with Crippen molar-refractivity contribution in [3.8, 4) is 5.75 Å². The van der Waals surface area contributed by atoms with Crippen LogP contribution in [0, 0.1) is 19.8 Å². The number of phenolic OH excluding ortho intramolecular Hbond substituents is 1. The van der Waals surface area contributed by atoms with E-state index in [4.69, 9.17) is 14.9 Å². The van der Waals surface area contributed by atoms with Crippen LogP contribution in [0.5, 0.6) is 5.75 Å². The number of methoxy groups -OCH3 is 1. The highest BCUT2D eigenvalue weighted by Gasteiger charge is 2.10. The molecule has 29 heavy (non-hydrogen) atoms. The minimum Gasteiger partial charge on any atom is -0.507 e. The van der Waals surface area contributed by atoms with Gasteiger partial charge in [0.25, 0.3) is 5.91 Å². The van der Waals surface area contributed by atoms with Crippen LogP contribution in [0.4, 0.5) is 0 Å². The van der Waals surface area contributed by atoms with E-state index in [1.54, 1.807) is 46.1 Å². The van der Waals surface area contributed by atoms with Crippen LogP contribution in [-0.2, 0) is 9.53 Å². The number of benzene rings is 1. The number of aliphatic hydroxyl groups is 1. The second kappa shape index (κ2) is 16.6. The number of aromatic hydroxyl groups is 1. The molecule has 0 heterocycles. The zero-order valence-corrected chi connectivity index (χ0v) is 18.5. The van der Waals surface area contributed by atoms with Gasteiger partial charge in [0.1, 0.15) is 5.75 Å². The molecule has 166 valence electrons. The number of carbonyl (C=O) groups is 2. The molecule has 0 bridgehead atoms. The van der Waals surface area contributed by atoms with Crippen LogP contribution in [0.15, 0.2) is 24.8 Å². The molecule has 0 saturated carbocycles. The number of amides is 1. The number of aliphatic carboxylic acids is 1. The number of nitrogens with one attached hydrogen (secondary N) is 1. The number of hydrogen-bond acceptors (Lipinski definition) is 5. The third kappa shape index (κ3) is 15.2. The lowest BCUT2D eigenvalue weighted by Gasteiger charge is -2.09. The molecule has 0 aliphatic heterocycles. The predicted molar refractivity (Wildman–Crippen MR) is 115 cm³/mol. The van der Waals surface area contributed by atoms with Crippen molar-refractivity contribution in [2.75, 3.05) is 20.3 Å². The van der Waals surface area contributed by atoms with E-state index in [2.05, 4.69) is 11.9 Å². The average molecular weight is 412 g/mol. The fourth-order valence-corrected chi connectivity index (χ4v) is 2.17. The highest BCUT2D eigenvalue weighted by Crippen LogP contribution is 2.22. The van der Waals surface area contributed by atoms with Gasteiger partial charge in [-0.1, -0.05) is 13.0 Å². The maximum Gasteiger partial charge on any atom is 0.303 e. The van der Waals surface area contributed by atoms with Gasteiger partial charge in [-0.05, 0) is 63.3 Å². The van der Waals surface area contributed by atoms with E-state index in [-0.39, 0.29) is 24.6 Å². The molecule has 0 spiro atoms. The lowest BCUT2D eigenvalue weighted by molar-refractivity contribution is -0.137. The summed E-state index contributed by atoms with van der Waals surface area (Å²) in [5, 5.41) is 29.5. The Morgan fingerprint density at radius 2 is 1.72 bits per heavy atom. The Bertz CT molecular complexity index is 605. The first-order valence-corrected chi connectivity index (χ1v) is 9.54. The van der Waals surface area contributed by atoms with E-state index in [0.717, 1.165) is 0 Å². The van der Waals surface area contributed by atoms with Crippen LogP contribution >= 0.6 is 0 Å². The van der Waals surface area contributed by atoms with Crippen LogP contribution in [0.25, 0.3) is 0 Å². The molecule has 1 aromatic rings. The Morgan fingerprint density at radius 3 is 2.10 bits per heavy atom. The maximum absolute atomic E-state index is 11.7. The molecule has 1 rings (SSSR count). The second-order valence-corrected chi connectivity index (χ2v) is 6.92. The summed E-state index contributed by atoms with van der Waals surface area (Å²) >= 11 is 0. The summed E-state index contributed by atoms with van der Waals surface area (Å²) in [5.41, 5.74) is 1.83. The van der Waals surface area contributed by atoms with Crippen LogP contribution in [0.2, 0.25) is 0 Å². The number of allylic oxidation sites excluding steroid dienone is 1. The average Bonchev–Trinajstić information content (AvgIpc) is 2.63. The molecular weight excluding hydrogens is 374 g/mol. The molecule has 2 unspecified atom stereocenters. The molecule has 2 atom stereocenters. The highest BCUT2D eigenvalue weighted by atomic mass is 16.5. The minimum atomic E-state index is -0.733. The van der Waals surface area contributed by atoms with Gasteiger partial charge >= 0.3 is 5.97 Å². The molecule has 1 amide bonds. The van der Waals surface area contributed by atoms with Crippen molar-refractivity contribution >= 4 is 11.9 Å². The van der Waals surface area contributed by atoms with Crippen LogP contribution < -0.4 is 5.32 Å². The normalized spacial score (nSPS) is 11.7. The first-order chi connectivity index (χ1) is 13.5. The van der Waals surface area contributed by atoms with Crippen molar-refractivity contribution < 1.29 is 29.6 Å². The maximum atomic E-state index is 11.7. The monoisotopic (exact) mass is 411 g/mol. The quantitative estimate of drug-likeness (QED) is 0.487. The van der Waals surface area contributed by atoms with Crippen molar-refractivity contribution in [2.24, 2.45) is 5.92 Å². The molecule has 0 aliphatic carbocycles. The Labute approximate surface area is 174 Å². The Balaban J connectivity index is 0. The van der Waals surface area contributed by atoms with Crippen LogP contribution in [0.1, 0.15) is 55.1 Å².